The Morgan fingerprint density at radius 2 is 1.79 bits per heavy atom. The van der Waals surface area contributed by atoms with Crippen molar-refractivity contribution in [3.63, 3.8) is 0 Å². The molecule has 4 aromatic rings. The zero-order chi connectivity index (χ0) is 24.5. The van der Waals surface area contributed by atoms with Crippen molar-refractivity contribution in [1.82, 2.24) is 15.0 Å². The highest BCUT2D eigenvalue weighted by molar-refractivity contribution is 7.92. The predicted molar refractivity (Wildman–Crippen MR) is 125 cm³/mol. The van der Waals surface area contributed by atoms with E-state index < -0.39 is 39.0 Å². The highest BCUT2D eigenvalue weighted by Crippen LogP contribution is 2.34. The van der Waals surface area contributed by atoms with Gasteiger partial charge in [0.2, 0.25) is 16.0 Å². The van der Waals surface area contributed by atoms with Crippen LogP contribution in [0.25, 0.3) is 22.0 Å². The lowest BCUT2D eigenvalue weighted by Gasteiger charge is -2.15. The normalized spacial score (nSPS) is 11.6. The van der Waals surface area contributed by atoms with Crippen molar-refractivity contribution in [2.24, 2.45) is 0 Å². The summed E-state index contributed by atoms with van der Waals surface area (Å²) in [5.74, 6) is -2.90. The van der Waals surface area contributed by atoms with E-state index in [1.165, 1.54) is 12.5 Å². The van der Waals surface area contributed by atoms with Crippen molar-refractivity contribution in [2.75, 3.05) is 15.8 Å². The number of benzene rings is 2. The van der Waals surface area contributed by atoms with E-state index in [1.807, 2.05) is 0 Å². The van der Waals surface area contributed by atoms with Crippen LogP contribution in [0.1, 0.15) is 18.9 Å². The van der Waals surface area contributed by atoms with Gasteiger partial charge in [-0.15, -0.1) is 0 Å². The Morgan fingerprint density at radius 3 is 2.53 bits per heavy atom. The number of hydrogen-bond donors (Lipinski definition) is 2. The molecule has 0 spiro atoms. The van der Waals surface area contributed by atoms with Crippen LogP contribution in [0.15, 0.2) is 48.9 Å². The van der Waals surface area contributed by atoms with Crippen LogP contribution in [-0.2, 0) is 10.0 Å². The molecule has 2 N–H and O–H groups in total. The van der Waals surface area contributed by atoms with Crippen LogP contribution in [0.5, 0.6) is 0 Å². The van der Waals surface area contributed by atoms with Crippen molar-refractivity contribution in [1.29, 1.82) is 0 Å². The second-order valence-corrected chi connectivity index (χ2v) is 9.42. The van der Waals surface area contributed by atoms with E-state index in [0.717, 1.165) is 12.1 Å². The van der Waals surface area contributed by atoms with Gasteiger partial charge in [-0.1, -0.05) is 6.92 Å². The number of nitrogens with one attached hydrogen (secondary N) is 2. The van der Waals surface area contributed by atoms with Crippen molar-refractivity contribution >= 4 is 38.1 Å². The van der Waals surface area contributed by atoms with Gasteiger partial charge < -0.3 is 5.32 Å². The highest BCUT2D eigenvalue weighted by Gasteiger charge is 2.20. The third kappa shape index (κ3) is 4.65. The third-order valence-corrected chi connectivity index (χ3v) is 6.58. The summed E-state index contributed by atoms with van der Waals surface area (Å²) in [6.45, 7) is 3.45. The van der Waals surface area contributed by atoms with Gasteiger partial charge in [0, 0.05) is 17.1 Å². The lowest BCUT2D eigenvalue weighted by molar-refractivity contribution is 0.587. The van der Waals surface area contributed by atoms with Crippen molar-refractivity contribution in [3.8, 4) is 11.1 Å². The predicted octanol–water partition coefficient (Wildman–Crippen LogP) is 5.31. The number of fused-ring (bicyclic) bond motifs is 1. The molecule has 176 valence electrons. The number of nitrogens with zero attached hydrogens (tertiary/aromatic N) is 3. The molecule has 0 bridgehead atoms. The van der Waals surface area contributed by atoms with Gasteiger partial charge in [0.25, 0.3) is 0 Å². The van der Waals surface area contributed by atoms with Gasteiger partial charge in [0.1, 0.15) is 23.6 Å². The van der Waals surface area contributed by atoms with E-state index >= 15 is 4.39 Å². The Bertz CT molecular complexity index is 1500. The number of sulfonamides is 1. The zero-order valence-corrected chi connectivity index (χ0v) is 19.0. The molecule has 2 aromatic carbocycles. The van der Waals surface area contributed by atoms with E-state index in [0.29, 0.717) is 28.5 Å². The Morgan fingerprint density at radius 1 is 1.00 bits per heavy atom. The summed E-state index contributed by atoms with van der Waals surface area (Å²) in [4.78, 5) is 12.0. The first kappa shape index (κ1) is 23.4. The average molecular weight is 488 g/mol. The number of anilines is 3. The second-order valence-electron chi connectivity index (χ2n) is 7.58. The number of rotatable bonds is 7. The van der Waals surface area contributed by atoms with Gasteiger partial charge in [-0.2, -0.15) is 4.39 Å². The number of aryl methyl sites for hydroxylation is 1. The highest BCUT2D eigenvalue weighted by atomic mass is 32.2. The molecule has 0 aliphatic rings. The quantitative estimate of drug-likeness (QED) is 0.343. The van der Waals surface area contributed by atoms with E-state index in [2.05, 4.69) is 25.0 Å². The molecule has 11 heteroatoms. The maximum atomic E-state index is 15.1. The van der Waals surface area contributed by atoms with E-state index in [1.54, 1.807) is 38.1 Å². The number of halogens is 3. The van der Waals surface area contributed by atoms with Gasteiger partial charge in [0.15, 0.2) is 5.82 Å². The fraction of sp³-hybridized carbons (Fsp3) is 0.174. The molecule has 0 radical (unpaired) electrons. The lowest BCUT2D eigenvalue weighted by atomic mass is 9.99. The van der Waals surface area contributed by atoms with Gasteiger partial charge in [0.05, 0.1) is 17.0 Å². The summed E-state index contributed by atoms with van der Waals surface area (Å²) >= 11 is 0. The van der Waals surface area contributed by atoms with Crippen molar-refractivity contribution < 1.29 is 21.6 Å². The average Bonchev–Trinajstić information content (AvgIpc) is 2.78. The van der Waals surface area contributed by atoms with Gasteiger partial charge in [-0.3, -0.25) is 4.72 Å². The fourth-order valence-corrected chi connectivity index (χ4v) is 4.67. The van der Waals surface area contributed by atoms with Crippen LogP contribution in [0.3, 0.4) is 0 Å². The van der Waals surface area contributed by atoms with E-state index in [-0.39, 0.29) is 17.1 Å². The smallest absolute Gasteiger partial charge is 0.232 e. The molecule has 7 nitrogen and oxygen atoms in total. The summed E-state index contributed by atoms with van der Waals surface area (Å²) in [6, 6.07) is 8.42. The Balaban J connectivity index is 1.81. The maximum absolute atomic E-state index is 15.1. The molecule has 4 rings (SSSR count). The first-order chi connectivity index (χ1) is 16.2. The molecule has 0 unspecified atom stereocenters. The largest absolute Gasteiger partial charge is 0.335 e. The monoisotopic (exact) mass is 487 g/mol. The molecule has 0 aliphatic carbocycles. The van der Waals surface area contributed by atoms with Crippen LogP contribution in [-0.4, -0.2) is 29.1 Å². The van der Waals surface area contributed by atoms with Crippen LogP contribution in [0.4, 0.5) is 30.4 Å². The SMILES string of the molecule is CCCS(=O)(=O)Nc1ccc(F)c(Nc2ncnc3cc(C)c(-c4cccnc4F)cc23)c1F. The second kappa shape index (κ2) is 9.26. The van der Waals surface area contributed by atoms with Crippen molar-refractivity contribution in [3.05, 3.63) is 72.1 Å². The van der Waals surface area contributed by atoms with Crippen LogP contribution in [0.2, 0.25) is 0 Å². The topological polar surface area (TPSA) is 96.9 Å². The van der Waals surface area contributed by atoms with Crippen molar-refractivity contribution in [2.45, 2.75) is 20.3 Å². The Hall–Kier alpha value is -3.73. The Labute approximate surface area is 194 Å². The molecular weight excluding hydrogens is 467 g/mol. The summed E-state index contributed by atoms with van der Waals surface area (Å²) in [5.41, 5.74) is 0.952. The van der Waals surface area contributed by atoms with E-state index in [9.17, 15) is 17.2 Å². The van der Waals surface area contributed by atoms with Gasteiger partial charge >= 0.3 is 0 Å². The minimum absolute atomic E-state index is 0.0573. The first-order valence-electron chi connectivity index (χ1n) is 10.3. The first-order valence-corrected chi connectivity index (χ1v) is 12.0. The van der Waals surface area contributed by atoms with Crippen LogP contribution >= 0.6 is 0 Å². The minimum Gasteiger partial charge on any atom is -0.335 e. The molecule has 0 aliphatic heterocycles. The summed E-state index contributed by atoms with van der Waals surface area (Å²) in [7, 11) is -3.80. The third-order valence-electron chi connectivity index (χ3n) is 5.10. The summed E-state index contributed by atoms with van der Waals surface area (Å²) in [6.07, 6.45) is 2.88. The standard InChI is InChI=1S/C23H20F3N5O2S/c1-3-9-34(32,33)31-18-7-6-17(24)21(20(18)25)30-23-16-11-15(14-5-4-8-27-22(14)26)13(2)10-19(16)28-12-29-23/h4-8,10-12,31H,3,9H2,1-2H3,(H,28,29,30). The molecule has 2 aromatic heterocycles. The number of aromatic nitrogens is 3. The summed E-state index contributed by atoms with van der Waals surface area (Å²) < 4.78 is 70.3. The van der Waals surface area contributed by atoms with Crippen LogP contribution < -0.4 is 10.0 Å². The molecule has 0 fully saturated rings. The molecular formula is C23H20F3N5O2S. The summed E-state index contributed by atoms with van der Waals surface area (Å²) in [5, 5.41) is 2.99. The molecule has 0 atom stereocenters. The number of hydrogen-bond acceptors (Lipinski definition) is 6. The molecule has 0 amide bonds. The van der Waals surface area contributed by atoms with Crippen LogP contribution in [0, 0.1) is 24.5 Å². The minimum atomic E-state index is -3.80. The number of pyridine rings is 1. The fourth-order valence-electron chi connectivity index (χ4n) is 3.54. The molecule has 0 saturated heterocycles. The maximum Gasteiger partial charge on any atom is 0.232 e. The molecule has 0 saturated carbocycles. The van der Waals surface area contributed by atoms with Gasteiger partial charge in [-0.05, 0) is 60.9 Å². The Kier molecular flexibility index (Phi) is 6.38. The molecule has 34 heavy (non-hydrogen) atoms. The lowest BCUT2D eigenvalue weighted by Crippen LogP contribution is -2.17. The zero-order valence-electron chi connectivity index (χ0n) is 18.2. The molecule has 2 heterocycles. The van der Waals surface area contributed by atoms with E-state index in [4.69, 9.17) is 0 Å². The van der Waals surface area contributed by atoms with Gasteiger partial charge in [-0.25, -0.2) is 32.2 Å².